The van der Waals surface area contributed by atoms with Crippen LogP contribution in [-0.2, 0) is 0 Å². The normalized spacial score (nSPS) is 16.6. The number of nitrogens with zero attached hydrogens (tertiary/aromatic N) is 1. The van der Waals surface area contributed by atoms with Gasteiger partial charge in [0.15, 0.2) is 0 Å². The summed E-state index contributed by atoms with van der Waals surface area (Å²) < 4.78 is 13.7. The van der Waals surface area contributed by atoms with Crippen molar-refractivity contribution in [3.8, 4) is 0 Å². The molecule has 1 aliphatic rings. The lowest BCUT2D eigenvalue weighted by Crippen LogP contribution is -2.05. The molecule has 1 unspecified atom stereocenters. The van der Waals surface area contributed by atoms with Crippen LogP contribution in [0.3, 0.4) is 0 Å². The Labute approximate surface area is 105 Å². The zero-order valence-electron chi connectivity index (χ0n) is 9.88. The maximum atomic E-state index is 13.7. The van der Waals surface area contributed by atoms with E-state index < -0.39 is 11.9 Å². The van der Waals surface area contributed by atoms with Crippen molar-refractivity contribution >= 4 is 0 Å². The molecule has 92 valence electrons. The van der Waals surface area contributed by atoms with Crippen LogP contribution in [-0.4, -0.2) is 10.1 Å². The number of aromatic nitrogens is 1. The Morgan fingerprint density at radius 2 is 1.94 bits per heavy atom. The summed E-state index contributed by atoms with van der Waals surface area (Å²) in [7, 11) is 0. The van der Waals surface area contributed by atoms with Gasteiger partial charge in [0.05, 0.1) is 6.20 Å². The molecule has 18 heavy (non-hydrogen) atoms. The van der Waals surface area contributed by atoms with Crippen molar-refractivity contribution in [2.24, 2.45) is 0 Å². The number of hydrogen-bond donors (Lipinski definition) is 1. The molecular weight excluding hydrogens is 229 g/mol. The molecule has 0 amide bonds. The van der Waals surface area contributed by atoms with E-state index in [1.165, 1.54) is 12.3 Å². The zero-order valence-corrected chi connectivity index (χ0v) is 9.88. The van der Waals surface area contributed by atoms with Crippen molar-refractivity contribution in [1.82, 2.24) is 4.98 Å². The van der Waals surface area contributed by atoms with Crippen LogP contribution >= 0.6 is 0 Å². The Morgan fingerprint density at radius 1 is 1.17 bits per heavy atom. The first-order valence-electron chi connectivity index (χ1n) is 6.13. The molecule has 0 saturated heterocycles. The van der Waals surface area contributed by atoms with Gasteiger partial charge >= 0.3 is 0 Å². The van der Waals surface area contributed by atoms with Gasteiger partial charge in [0.2, 0.25) is 0 Å². The van der Waals surface area contributed by atoms with E-state index in [4.69, 9.17) is 0 Å². The fraction of sp³-hybridized carbons (Fsp3) is 0.267. The Hall–Kier alpha value is -1.74. The van der Waals surface area contributed by atoms with Crippen LogP contribution in [0.4, 0.5) is 4.39 Å². The summed E-state index contributed by atoms with van der Waals surface area (Å²) in [6.07, 6.45) is 4.04. The summed E-state index contributed by atoms with van der Waals surface area (Å²) >= 11 is 0. The molecule has 1 aromatic heterocycles. The van der Waals surface area contributed by atoms with Gasteiger partial charge in [-0.25, -0.2) is 4.39 Å². The zero-order chi connectivity index (χ0) is 12.5. The lowest BCUT2D eigenvalue weighted by molar-refractivity contribution is 0.213. The van der Waals surface area contributed by atoms with Crippen LogP contribution in [0.1, 0.15) is 41.6 Å². The lowest BCUT2D eigenvalue weighted by atomic mass is 9.95. The number of rotatable bonds is 3. The van der Waals surface area contributed by atoms with E-state index in [0.29, 0.717) is 5.92 Å². The van der Waals surface area contributed by atoms with Crippen molar-refractivity contribution in [3.05, 3.63) is 65.2 Å². The van der Waals surface area contributed by atoms with E-state index in [-0.39, 0.29) is 5.56 Å². The van der Waals surface area contributed by atoms with E-state index in [9.17, 15) is 9.50 Å². The van der Waals surface area contributed by atoms with Gasteiger partial charge in [0.25, 0.3) is 0 Å². The highest BCUT2D eigenvalue weighted by molar-refractivity contribution is 5.39. The molecule has 3 rings (SSSR count). The van der Waals surface area contributed by atoms with E-state index in [1.807, 2.05) is 24.3 Å². The predicted molar refractivity (Wildman–Crippen MR) is 66.7 cm³/mol. The van der Waals surface area contributed by atoms with Gasteiger partial charge in [-0.2, -0.15) is 0 Å². The van der Waals surface area contributed by atoms with Gasteiger partial charge in [-0.05, 0) is 36.0 Å². The molecule has 1 aliphatic carbocycles. The molecule has 1 saturated carbocycles. The van der Waals surface area contributed by atoms with Crippen LogP contribution in [0.15, 0.2) is 42.7 Å². The molecule has 0 bridgehead atoms. The number of hydrogen-bond acceptors (Lipinski definition) is 2. The summed E-state index contributed by atoms with van der Waals surface area (Å²) in [5, 5.41) is 10.4. The summed E-state index contributed by atoms with van der Waals surface area (Å²) in [6.45, 7) is 0. The minimum Gasteiger partial charge on any atom is -0.384 e. The molecule has 1 aromatic carbocycles. The van der Waals surface area contributed by atoms with E-state index >= 15 is 0 Å². The number of pyridine rings is 1. The first-order valence-corrected chi connectivity index (χ1v) is 6.13. The minimum absolute atomic E-state index is 0.290. The smallest absolute Gasteiger partial charge is 0.147 e. The number of halogens is 1. The fourth-order valence-electron chi connectivity index (χ4n) is 2.30. The van der Waals surface area contributed by atoms with Crippen LogP contribution in [0.2, 0.25) is 0 Å². The number of aliphatic hydroxyl groups is 1. The quantitative estimate of drug-likeness (QED) is 0.898. The Balaban J connectivity index is 2.02. The molecule has 0 radical (unpaired) electrons. The maximum absolute atomic E-state index is 13.7. The van der Waals surface area contributed by atoms with Crippen LogP contribution in [0.5, 0.6) is 0 Å². The summed E-state index contributed by atoms with van der Waals surface area (Å²) in [5.41, 5.74) is 2.24. The highest BCUT2D eigenvalue weighted by atomic mass is 19.1. The predicted octanol–water partition coefficient (Wildman–Crippen LogP) is 3.18. The molecule has 2 aromatic rings. The second kappa shape index (κ2) is 4.50. The first-order chi connectivity index (χ1) is 8.77. The average molecular weight is 243 g/mol. The third-order valence-electron chi connectivity index (χ3n) is 3.41. The van der Waals surface area contributed by atoms with Gasteiger partial charge in [0.1, 0.15) is 11.9 Å². The highest BCUT2D eigenvalue weighted by Crippen LogP contribution is 2.43. The molecule has 1 heterocycles. The van der Waals surface area contributed by atoms with Gasteiger partial charge in [0, 0.05) is 11.8 Å². The second-order valence-corrected chi connectivity index (χ2v) is 4.70. The molecule has 0 aliphatic heterocycles. The summed E-state index contributed by atoms with van der Waals surface area (Å²) in [6, 6.07) is 9.27. The second-order valence-electron chi connectivity index (χ2n) is 4.70. The molecule has 1 atom stereocenters. The Bertz CT molecular complexity index is 566. The van der Waals surface area contributed by atoms with Gasteiger partial charge in [-0.3, -0.25) is 4.98 Å². The van der Waals surface area contributed by atoms with Gasteiger partial charge < -0.3 is 5.11 Å². The SMILES string of the molecule is OC(c1ccncc1F)c1ccccc1C1CC1. The molecule has 1 fully saturated rings. The summed E-state index contributed by atoms with van der Waals surface area (Å²) in [4.78, 5) is 3.70. The van der Waals surface area contributed by atoms with Crippen molar-refractivity contribution < 1.29 is 9.50 Å². The lowest BCUT2D eigenvalue weighted by Gasteiger charge is -2.16. The van der Waals surface area contributed by atoms with Crippen molar-refractivity contribution in [1.29, 1.82) is 0 Å². The average Bonchev–Trinajstić information content (AvgIpc) is 3.23. The molecule has 3 heteroatoms. The van der Waals surface area contributed by atoms with E-state index in [1.54, 1.807) is 0 Å². The Kier molecular flexibility index (Phi) is 2.84. The summed E-state index contributed by atoms with van der Waals surface area (Å²) in [5.74, 6) is 0.0661. The number of benzene rings is 1. The van der Waals surface area contributed by atoms with E-state index in [0.717, 1.165) is 30.2 Å². The van der Waals surface area contributed by atoms with Crippen LogP contribution < -0.4 is 0 Å². The van der Waals surface area contributed by atoms with E-state index in [2.05, 4.69) is 4.98 Å². The number of aliphatic hydroxyl groups excluding tert-OH is 1. The van der Waals surface area contributed by atoms with Gasteiger partial charge in [-0.1, -0.05) is 24.3 Å². The van der Waals surface area contributed by atoms with Crippen molar-refractivity contribution in [2.75, 3.05) is 0 Å². The van der Waals surface area contributed by atoms with Crippen molar-refractivity contribution in [2.45, 2.75) is 24.9 Å². The first kappa shape index (κ1) is 11.4. The van der Waals surface area contributed by atoms with Crippen LogP contribution in [0.25, 0.3) is 0 Å². The minimum atomic E-state index is -0.912. The molecule has 2 nitrogen and oxygen atoms in total. The maximum Gasteiger partial charge on any atom is 0.147 e. The van der Waals surface area contributed by atoms with Crippen molar-refractivity contribution in [3.63, 3.8) is 0 Å². The topological polar surface area (TPSA) is 33.1 Å². The fourth-order valence-corrected chi connectivity index (χ4v) is 2.30. The van der Waals surface area contributed by atoms with Crippen LogP contribution in [0, 0.1) is 5.82 Å². The Morgan fingerprint density at radius 3 is 2.67 bits per heavy atom. The monoisotopic (exact) mass is 243 g/mol. The molecule has 0 spiro atoms. The standard InChI is InChI=1S/C15H14FNO/c16-14-9-17-8-7-13(14)15(18)12-4-2-1-3-11(12)10-5-6-10/h1-4,7-10,15,18H,5-6H2. The van der Waals surface area contributed by atoms with Gasteiger partial charge in [-0.15, -0.1) is 0 Å². The largest absolute Gasteiger partial charge is 0.384 e. The highest BCUT2D eigenvalue weighted by Gasteiger charge is 2.28. The third kappa shape index (κ3) is 2.02. The molecular formula is C15H14FNO. The third-order valence-corrected chi connectivity index (χ3v) is 3.41. The molecule has 1 N–H and O–H groups in total.